The van der Waals surface area contributed by atoms with Crippen molar-refractivity contribution in [2.24, 2.45) is 0 Å². The number of aromatic nitrogens is 2. The fourth-order valence-electron chi connectivity index (χ4n) is 3.51. The van der Waals surface area contributed by atoms with Crippen molar-refractivity contribution < 1.29 is 13.9 Å². The van der Waals surface area contributed by atoms with E-state index in [4.69, 9.17) is 4.74 Å². The summed E-state index contributed by atoms with van der Waals surface area (Å²) in [6, 6.07) is 16.0. The van der Waals surface area contributed by atoms with E-state index in [-0.39, 0.29) is 11.8 Å². The van der Waals surface area contributed by atoms with E-state index < -0.39 is 0 Å². The summed E-state index contributed by atoms with van der Waals surface area (Å²) in [7, 11) is 1.63. The lowest BCUT2D eigenvalue weighted by molar-refractivity contribution is 0.208. The zero-order valence-corrected chi connectivity index (χ0v) is 17.5. The number of carbonyl (C=O) groups is 1. The Labute approximate surface area is 180 Å². The summed E-state index contributed by atoms with van der Waals surface area (Å²) in [5, 5.41) is 11.5. The Morgan fingerprint density at radius 3 is 2.48 bits per heavy atom. The maximum absolute atomic E-state index is 13.7. The first-order chi connectivity index (χ1) is 15.0. The lowest BCUT2D eigenvalue weighted by Gasteiger charge is -2.35. The second-order valence-electron chi connectivity index (χ2n) is 7.35. The molecule has 0 radical (unpaired) electrons. The van der Waals surface area contributed by atoms with Crippen molar-refractivity contribution in [3.63, 3.8) is 0 Å². The third-order valence-corrected chi connectivity index (χ3v) is 5.35. The second kappa shape index (κ2) is 8.99. The van der Waals surface area contributed by atoms with Crippen LogP contribution in [0.15, 0.2) is 54.6 Å². The molecule has 160 valence electrons. The standard InChI is InChI=1S/C23H24FN5O2/c1-16-7-8-17(15-19(16)24)25-23(30)29-13-11-28(12-14-29)22-10-9-20(26-27-22)18-5-3-4-6-21(18)31-2/h3-10,15H,11-14H2,1-2H3,(H,25,30). The molecular formula is C23H24FN5O2. The Hall–Kier alpha value is -3.68. The fourth-order valence-corrected chi connectivity index (χ4v) is 3.51. The van der Waals surface area contributed by atoms with Crippen molar-refractivity contribution in [3.05, 3.63) is 66.0 Å². The van der Waals surface area contributed by atoms with Crippen LogP contribution >= 0.6 is 0 Å². The number of nitrogens with one attached hydrogen (secondary N) is 1. The predicted molar refractivity (Wildman–Crippen MR) is 118 cm³/mol. The topological polar surface area (TPSA) is 70.6 Å². The Balaban J connectivity index is 1.36. The summed E-state index contributed by atoms with van der Waals surface area (Å²) < 4.78 is 19.1. The van der Waals surface area contributed by atoms with E-state index in [1.165, 1.54) is 6.07 Å². The van der Waals surface area contributed by atoms with Gasteiger partial charge in [-0.05, 0) is 48.9 Å². The number of amides is 2. The van der Waals surface area contributed by atoms with Crippen LogP contribution in [0.4, 0.5) is 20.7 Å². The first-order valence-electron chi connectivity index (χ1n) is 10.1. The molecule has 0 saturated carbocycles. The highest BCUT2D eigenvalue weighted by atomic mass is 19.1. The number of hydrogen-bond donors (Lipinski definition) is 1. The van der Waals surface area contributed by atoms with Gasteiger partial charge in [-0.15, -0.1) is 10.2 Å². The number of para-hydroxylation sites is 1. The third-order valence-electron chi connectivity index (χ3n) is 5.35. The average Bonchev–Trinajstić information content (AvgIpc) is 2.81. The van der Waals surface area contributed by atoms with Crippen LogP contribution in [-0.2, 0) is 0 Å². The van der Waals surface area contributed by atoms with Gasteiger partial charge in [-0.1, -0.05) is 18.2 Å². The zero-order chi connectivity index (χ0) is 21.8. The predicted octanol–water partition coefficient (Wildman–Crippen LogP) is 3.95. The summed E-state index contributed by atoms with van der Waals surface area (Å²) in [4.78, 5) is 16.3. The van der Waals surface area contributed by atoms with Crippen molar-refractivity contribution in [1.29, 1.82) is 0 Å². The molecule has 1 N–H and O–H groups in total. The number of methoxy groups -OCH3 is 1. The van der Waals surface area contributed by atoms with Gasteiger partial charge in [0.05, 0.1) is 12.8 Å². The molecule has 1 aliphatic rings. The van der Waals surface area contributed by atoms with Crippen LogP contribution in [0.5, 0.6) is 5.75 Å². The number of urea groups is 1. The van der Waals surface area contributed by atoms with E-state index in [9.17, 15) is 9.18 Å². The number of rotatable bonds is 4. The number of hydrogen-bond acceptors (Lipinski definition) is 5. The summed E-state index contributed by atoms with van der Waals surface area (Å²) in [6.45, 7) is 4.04. The largest absolute Gasteiger partial charge is 0.496 e. The van der Waals surface area contributed by atoms with Gasteiger partial charge in [0, 0.05) is 37.4 Å². The van der Waals surface area contributed by atoms with Crippen molar-refractivity contribution >= 4 is 17.5 Å². The first-order valence-corrected chi connectivity index (χ1v) is 10.1. The molecule has 0 bridgehead atoms. The number of nitrogens with zero attached hydrogens (tertiary/aromatic N) is 4. The van der Waals surface area contributed by atoms with Crippen molar-refractivity contribution in [2.75, 3.05) is 43.5 Å². The zero-order valence-electron chi connectivity index (χ0n) is 17.5. The number of carbonyl (C=O) groups excluding carboxylic acids is 1. The van der Waals surface area contributed by atoms with Gasteiger partial charge in [-0.25, -0.2) is 9.18 Å². The molecular weight excluding hydrogens is 397 g/mol. The van der Waals surface area contributed by atoms with Crippen molar-refractivity contribution in [2.45, 2.75) is 6.92 Å². The van der Waals surface area contributed by atoms with E-state index in [0.29, 0.717) is 37.4 Å². The van der Waals surface area contributed by atoms with E-state index >= 15 is 0 Å². The van der Waals surface area contributed by atoms with Gasteiger partial charge < -0.3 is 19.9 Å². The molecule has 1 aromatic heterocycles. The molecule has 3 aromatic rings. The molecule has 8 heteroatoms. The number of anilines is 2. The molecule has 31 heavy (non-hydrogen) atoms. The number of halogens is 1. The van der Waals surface area contributed by atoms with Gasteiger partial charge >= 0.3 is 6.03 Å². The van der Waals surface area contributed by atoms with E-state index in [1.807, 2.05) is 36.4 Å². The maximum atomic E-state index is 13.7. The lowest BCUT2D eigenvalue weighted by Crippen LogP contribution is -2.50. The molecule has 2 aromatic carbocycles. The molecule has 1 fully saturated rings. The van der Waals surface area contributed by atoms with Crippen LogP contribution in [0.25, 0.3) is 11.3 Å². The molecule has 2 amide bonds. The fraction of sp³-hybridized carbons (Fsp3) is 0.261. The minimum absolute atomic E-state index is 0.236. The van der Waals surface area contributed by atoms with Crippen LogP contribution in [0.2, 0.25) is 0 Å². The molecule has 7 nitrogen and oxygen atoms in total. The number of ether oxygens (including phenoxy) is 1. The van der Waals surface area contributed by atoms with Crippen LogP contribution in [0.1, 0.15) is 5.56 Å². The summed E-state index contributed by atoms with van der Waals surface area (Å²) >= 11 is 0. The molecule has 2 heterocycles. The van der Waals surface area contributed by atoms with Crippen LogP contribution in [0, 0.1) is 12.7 Å². The highest BCUT2D eigenvalue weighted by Gasteiger charge is 2.22. The molecule has 1 saturated heterocycles. The summed E-state index contributed by atoms with van der Waals surface area (Å²) in [5.41, 5.74) is 2.63. The van der Waals surface area contributed by atoms with Crippen LogP contribution in [-0.4, -0.2) is 54.4 Å². The maximum Gasteiger partial charge on any atom is 0.321 e. The highest BCUT2D eigenvalue weighted by Crippen LogP contribution is 2.28. The van der Waals surface area contributed by atoms with Crippen LogP contribution < -0.4 is 15.0 Å². The second-order valence-corrected chi connectivity index (χ2v) is 7.35. The molecule has 0 spiro atoms. The SMILES string of the molecule is COc1ccccc1-c1ccc(N2CCN(C(=O)Nc3ccc(C)c(F)c3)CC2)nn1. The number of benzene rings is 2. The molecule has 4 rings (SSSR count). The average molecular weight is 421 g/mol. The van der Waals surface area contributed by atoms with E-state index in [0.717, 1.165) is 22.8 Å². The Bertz CT molecular complexity index is 1070. The number of aryl methyl sites for hydroxylation is 1. The molecule has 0 aliphatic carbocycles. The highest BCUT2D eigenvalue weighted by molar-refractivity contribution is 5.89. The van der Waals surface area contributed by atoms with E-state index in [2.05, 4.69) is 20.4 Å². The smallest absolute Gasteiger partial charge is 0.321 e. The van der Waals surface area contributed by atoms with Crippen molar-refractivity contribution in [1.82, 2.24) is 15.1 Å². The minimum Gasteiger partial charge on any atom is -0.496 e. The Morgan fingerprint density at radius 1 is 1.03 bits per heavy atom. The van der Waals surface area contributed by atoms with Gasteiger partial charge in [0.1, 0.15) is 11.6 Å². The molecule has 1 aliphatic heterocycles. The summed E-state index contributed by atoms with van der Waals surface area (Å²) in [6.07, 6.45) is 0. The normalized spacial score (nSPS) is 13.8. The third kappa shape index (κ3) is 4.58. The van der Waals surface area contributed by atoms with Gasteiger partial charge in [-0.2, -0.15) is 0 Å². The first kappa shape index (κ1) is 20.6. The summed E-state index contributed by atoms with van der Waals surface area (Å²) in [5.74, 6) is 1.18. The minimum atomic E-state index is -0.335. The lowest BCUT2D eigenvalue weighted by atomic mass is 10.1. The van der Waals surface area contributed by atoms with Gasteiger partial charge in [0.15, 0.2) is 5.82 Å². The van der Waals surface area contributed by atoms with Gasteiger partial charge in [0.2, 0.25) is 0 Å². The van der Waals surface area contributed by atoms with E-state index in [1.54, 1.807) is 31.1 Å². The van der Waals surface area contributed by atoms with Crippen LogP contribution in [0.3, 0.4) is 0 Å². The molecule has 0 atom stereocenters. The van der Waals surface area contributed by atoms with Crippen molar-refractivity contribution in [3.8, 4) is 17.0 Å². The van der Waals surface area contributed by atoms with Gasteiger partial charge in [-0.3, -0.25) is 0 Å². The Morgan fingerprint density at radius 2 is 1.81 bits per heavy atom. The monoisotopic (exact) mass is 421 g/mol. The number of piperazine rings is 1. The quantitative estimate of drug-likeness (QED) is 0.691. The molecule has 0 unspecified atom stereocenters. The Kier molecular flexibility index (Phi) is 5.97. The van der Waals surface area contributed by atoms with Gasteiger partial charge in [0.25, 0.3) is 0 Å².